The van der Waals surface area contributed by atoms with Gasteiger partial charge in [0.25, 0.3) is 5.91 Å². The maximum Gasteiger partial charge on any atom is 0.317 e. The largest absolute Gasteiger partial charge is 0.452 e. The summed E-state index contributed by atoms with van der Waals surface area (Å²) in [7, 11) is 0. The number of amides is 1. The van der Waals surface area contributed by atoms with Crippen molar-refractivity contribution >= 4 is 23.6 Å². The highest BCUT2D eigenvalue weighted by molar-refractivity contribution is 7.99. The van der Waals surface area contributed by atoms with Crippen LogP contribution in [0.2, 0.25) is 0 Å². The van der Waals surface area contributed by atoms with Crippen molar-refractivity contribution in [3.05, 3.63) is 29.3 Å². The van der Waals surface area contributed by atoms with Crippen molar-refractivity contribution in [2.45, 2.75) is 57.7 Å². The molecule has 0 bridgehead atoms. The number of benzene rings is 1. The quantitative estimate of drug-likeness (QED) is 0.527. The minimum absolute atomic E-state index is 0.0306. The Kier molecular flexibility index (Phi) is 7.24. The van der Waals surface area contributed by atoms with E-state index in [9.17, 15) is 9.59 Å². The molecule has 0 N–H and O–H groups in total. The molecule has 0 unspecified atom stereocenters. The first kappa shape index (κ1) is 21.3. The van der Waals surface area contributed by atoms with E-state index in [0.717, 1.165) is 55.6 Å². The Morgan fingerprint density at radius 3 is 2.62 bits per heavy atom. The van der Waals surface area contributed by atoms with Crippen molar-refractivity contribution in [3.8, 4) is 5.69 Å². The van der Waals surface area contributed by atoms with Crippen LogP contribution in [0.1, 0.15) is 43.7 Å². The summed E-state index contributed by atoms with van der Waals surface area (Å²) in [5, 5.41) is 12.3. The summed E-state index contributed by atoms with van der Waals surface area (Å²) in [6.45, 7) is 7.09. The molecule has 0 spiro atoms. The first-order valence-electron chi connectivity index (χ1n) is 9.93. The van der Waals surface area contributed by atoms with E-state index in [4.69, 9.17) is 4.74 Å². The third kappa shape index (κ3) is 5.56. The topological polar surface area (TPSA) is 90.2 Å². The molecule has 1 aliphatic rings. The van der Waals surface area contributed by atoms with Crippen LogP contribution in [0.5, 0.6) is 0 Å². The first-order chi connectivity index (χ1) is 14.0. The van der Waals surface area contributed by atoms with Gasteiger partial charge >= 0.3 is 5.97 Å². The van der Waals surface area contributed by atoms with Gasteiger partial charge in [-0.3, -0.25) is 9.59 Å². The van der Waals surface area contributed by atoms with E-state index < -0.39 is 12.1 Å². The molecule has 1 atom stereocenters. The molecule has 1 amide bonds. The van der Waals surface area contributed by atoms with Crippen molar-refractivity contribution in [2.75, 3.05) is 18.8 Å². The van der Waals surface area contributed by atoms with Gasteiger partial charge in [0, 0.05) is 13.1 Å². The van der Waals surface area contributed by atoms with Gasteiger partial charge in [-0.15, -0.1) is 5.10 Å². The summed E-state index contributed by atoms with van der Waals surface area (Å²) in [5.41, 5.74) is 3.00. The van der Waals surface area contributed by atoms with Gasteiger partial charge in [0.05, 0.1) is 11.4 Å². The summed E-state index contributed by atoms with van der Waals surface area (Å²) < 4.78 is 6.98. The normalized spacial score (nSPS) is 15.6. The van der Waals surface area contributed by atoms with Crippen LogP contribution in [-0.4, -0.2) is 61.9 Å². The summed E-state index contributed by atoms with van der Waals surface area (Å²) in [6, 6.07) is 6.03. The third-order valence-electron chi connectivity index (χ3n) is 4.93. The molecule has 1 saturated heterocycles. The van der Waals surface area contributed by atoms with Crippen LogP contribution in [0, 0.1) is 13.8 Å². The number of ether oxygens (including phenoxy) is 1. The zero-order chi connectivity index (χ0) is 20.8. The van der Waals surface area contributed by atoms with Crippen molar-refractivity contribution in [2.24, 2.45) is 0 Å². The second kappa shape index (κ2) is 9.87. The van der Waals surface area contributed by atoms with E-state index in [2.05, 4.69) is 15.5 Å². The molecule has 9 heteroatoms. The molecule has 2 heterocycles. The maximum absolute atomic E-state index is 12.5. The summed E-state index contributed by atoms with van der Waals surface area (Å²) >= 11 is 1.19. The lowest BCUT2D eigenvalue weighted by molar-refractivity contribution is -0.157. The average Bonchev–Trinajstić information content (AvgIpc) is 2.99. The Balaban J connectivity index is 1.57. The third-order valence-corrected chi connectivity index (χ3v) is 5.82. The number of hydrogen-bond donors (Lipinski definition) is 0. The monoisotopic (exact) mass is 417 g/mol. The van der Waals surface area contributed by atoms with Crippen molar-refractivity contribution in [3.63, 3.8) is 0 Å². The van der Waals surface area contributed by atoms with Gasteiger partial charge in [-0.05, 0) is 61.2 Å². The highest BCUT2D eigenvalue weighted by Gasteiger charge is 2.25. The van der Waals surface area contributed by atoms with Gasteiger partial charge in [0.1, 0.15) is 0 Å². The van der Waals surface area contributed by atoms with E-state index in [-0.39, 0.29) is 11.7 Å². The zero-order valence-corrected chi connectivity index (χ0v) is 17.9. The van der Waals surface area contributed by atoms with Crippen molar-refractivity contribution in [1.82, 2.24) is 25.1 Å². The Morgan fingerprint density at radius 2 is 1.90 bits per heavy atom. The molecule has 156 valence electrons. The fourth-order valence-electron chi connectivity index (χ4n) is 3.32. The van der Waals surface area contributed by atoms with E-state index in [1.807, 2.05) is 32.0 Å². The molecule has 8 nitrogen and oxygen atoms in total. The van der Waals surface area contributed by atoms with Crippen LogP contribution in [0.15, 0.2) is 23.4 Å². The molecule has 0 radical (unpaired) electrons. The molecule has 29 heavy (non-hydrogen) atoms. The van der Waals surface area contributed by atoms with Crippen LogP contribution in [0.4, 0.5) is 0 Å². The predicted molar refractivity (Wildman–Crippen MR) is 110 cm³/mol. The number of likely N-dealkylation sites (tertiary alicyclic amines) is 1. The smallest absolute Gasteiger partial charge is 0.317 e. The lowest BCUT2D eigenvalue weighted by Gasteiger charge is -2.23. The number of aromatic nitrogens is 4. The lowest BCUT2D eigenvalue weighted by Crippen LogP contribution is -2.40. The molecule has 0 saturated carbocycles. The molecule has 1 aromatic carbocycles. The van der Waals surface area contributed by atoms with Gasteiger partial charge in [-0.2, -0.15) is 4.68 Å². The number of esters is 1. The number of thioether (sulfide) groups is 1. The number of nitrogens with zero attached hydrogens (tertiary/aromatic N) is 5. The van der Waals surface area contributed by atoms with Gasteiger partial charge < -0.3 is 9.64 Å². The highest BCUT2D eigenvalue weighted by Crippen LogP contribution is 2.22. The van der Waals surface area contributed by atoms with Crippen LogP contribution in [-0.2, 0) is 14.3 Å². The number of rotatable bonds is 6. The molecular weight excluding hydrogens is 390 g/mol. The van der Waals surface area contributed by atoms with Crippen LogP contribution in [0.25, 0.3) is 5.69 Å². The van der Waals surface area contributed by atoms with Gasteiger partial charge in [-0.1, -0.05) is 36.7 Å². The minimum Gasteiger partial charge on any atom is -0.452 e. The van der Waals surface area contributed by atoms with E-state index >= 15 is 0 Å². The van der Waals surface area contributed by atoms with Crippen molar-refractivity contribution in [1.29, 1.82) is 0 Å². The molecule has 0 aliphatic carbocycles. The second-order valence-corrected chi connectivity index (χ2v) is 8.27. The Hall–Kier alpha value is -2.42. The van der Waals surface area contributed by atoms with Crippen LogP contribution >= 0.6 is 11.8 Å². The molecular formula is C20H27N5O3S. The molecule has 1 aromatic heterocycles. The molecule has 2 aromatic rings. The summed E-state index contributed by atoms with van der Waals surface area (Å²) in [6.07, 6.45) is 3.51. The molecule has 1 fully saturated rings. The highest BCUT2D eigenvalue weighted by atomic mass is 32.2. The van der Waals surface area contributed by atoms with Crippen LogP contribution in [0.3, 0.4) is 0 Å². The van der Waals surface area contributed by atoms with Gasteiger partial charge in [-0.25, -0.2) is 0 Å². The second-order valence-electron chi connectivity index (χ2n) is 7.32. The molecule has 3 rings (SSSR count). The first-order valence-corrected chi connectivity index (χ1v) is 10.9. The van der Waals surface area contributed by atoms with Crippen molar-refractivity contribution < 1.29 is 14.3 Å². The Bertz CT molecular complexity index is 862. The average molecular weight is 418 g/mol. The van der Waals surface area contributed by atoms with Crippen LogP contribution < -0.4 is 0 Å². The number of aryl methyl sites for hydroxylation is 2. The zero-order valence-electron chi connectivity index (χ0n) is 17.1. The summed E-state index contributed by atoms with van der Waals surface area (Å²) in [5.74, 6) is -0.547. The predicted octanol–water partition coefficient (Wildman–Crippen LogP) is 2.71. The minimum atomic E-state index is -0.781. The lowest BCUT2D eigenvalue weighted by atomic mass is 10.1. The number of carbonyl (C=O) groups excluding carboxylic acids is 2. The standard InChI is InChI=1S/C20H27N5O3S/c1-14-8-9-15(2)17(12-14)25-20(21-22-23-25)29-13-18(26)28-16(3)19(27)24-10-6-4-5-7-11-24/h8-9,12,16H,4-7,10-11,13H2,1-3H3/t16-/m0/s1. The fourth-order valence-corrected chi connectivity index (χ4v) is 3.99. The van der Waals surface area contributed by atoms with Gasteiger partial charge in [0.15, 0.2) is 6.10 Å². The van der Waals surface area contributed by atoms with Gasteiger partial charge in [0.2, 0.25) is 5.16 Å². The SMILES string of the molecule is Cc1ccc(C)c(-n2nnnc2SCC(=O)O[C@@H](C)C(=O)N2CCCCCC2)c1. The van der Waals surface area contributed by atoms with E-state index in [0.29, 0.717) is 5.16 Å². The van der Waals surface area contributed by atoms with E-state index in [1.165, 1.54) is 11.8 Å². The number of hydrogen-bond acceptors (Lipinski definition) is 7. The maximum atomic E-state index is 12.5. The Labute approximate surface area is 175 Å². The Morgan fingerprint density at radius 1 is 1.17 bits per heavy atom. The fraction of sp³-hybridized carbons (Fsp3) is 0.550. The van der Waals surface area contributed by atoms with E-state index in [1.54, 1.807) is 16.5 Å². The molecule has 1 aliphatic heterocycles. The summed E-state index contributed by atoms with van der Waals surface area (Å²) in [4.78, 5) is 26.6. The number of tetrazole rings is 1. The number of carbonyl (C=O) groups is 2.